The van der Waals surface area contributed by atoms with Crippen LogP contribution in [0.1, 0.15) is 42.8 Å². The second-order valence-electron chi connectivity index (χ2n) is 6.47. The molecule has 0 bridgehead atoms. The Morgan fingerprint density at radius 2 is 2.19 bits per heavy atom. The minimum Gasteiger partial charge on any atom is -0.490 e. The fourth-order valence-electron chi connectivity index (χ4n) is 3.30. The van der Waals surface area contributed by atoms with E-state index in [4.69, 9.17) is 19.7 Å². The molecule has 2 N–H and O–H groups in total. The second kappa shape index (κ2) is 8.23. The molecule has 1 aromatic carbocycles. The zero-order valence-electron chi connectivity index (χ0n) is 15.2. The van der Waals surface area contributed by atoms with Gasteiger partial charge >= 0.3 is 0 Å². The summed E-state index contributed by atoms with van der Waals surface area (Å²) in [5, 5.41) is 4.01. The topological polar surface area (TPSA) is 90.8 Å². The van der Waals surface area contributed by atoms with Crippen molar-refractivity contribution in [3.8, 4) is 11.5 Å². The van der Waals surface area contributed by atoms with Gasteiger partial charge in [0, 0.05) is 12.6 Å². The summed E-state index contributed by atoms with van der Waals surface area (Å²) in [5.74, 6) is 1.56. The lowest BCUT2D eigenvalue weighted by atomic mass is 10.1. The molecule has 1 aliphatic heterocycles. The first-order chi connectivity index (χ1) is 12.6. The number of carbonyl (C=O) groups excluding carboxylic acids is 1. The van der Waals surface area contributed by atoms with Crippen molar-refractivity contribution in [1.29, 1.82) is 0 Å². The molecule has 1 atom stereocenters. The third-order valence-corrected chi connectivity index (χ3v) is 4.40. The number of primary amides is 1. The lowest BCUT2D eigenvalue weighted by Gasteiger charge is -2.23. The SMILES string of the molecule is CCOc1cc(CN2CCCC2c2cc(C)no2)ccc1OCC(N)=O. The zero-order chi connectivity index (χ0) is 18.5. The van der Waals surface area contributed by atoms with Gasteiger partial charge in [-0.3, -0.25) is 9.69 Å². The van der Waals surface area contributed by atoms with E-state index >= 15 is 0 Å². The first kappa shape index (κ1) is 18.3. The van der Waals surface area contributed by atoms with Crippen LogP contribution in [0.15, 0.2) is 28.8 Å². The summed E-state index contributed by atoms with van der Waals surface area (Å²) < 4.78 is 16.6. The Balaban J connectivity index is 1.74. The van der Waals surface area contributed by atoms with E-state index in [-0.39, 0.29) is 12.6 Å². The second-order valence-corrected chi connectivity index (χ2v) is 6.47. The molecule has 1 amide bonds. The molecular weight excluding hydrogens is 334 g/mol. The van der Waals surface area contributed by atoms with Gasteiger partial charge in [0.1, 0.15) is 0 Å². The number of nitrogens with two attached hydrogens (primary N) is 1. The minimum absolute atomic E-state index is 0.168. The molecule has 2 aromatic rings. The smallest absolute Gasteiger partial charge is 0.255 e. The molecule has 7 heteroatoms. The lowest BCUT2D eigenvalue weighted by molar-refractivity contribution is -0.119. The normalized spacial score (nSPS) is 17.4. The Morgan fingerprint density at radius 3 is 2.88 bits per heavy atom. The Morgan fingerprint density at radius 1 is 1.35 bits per heavy atom. The van der Waals surface area contributed by atoms with Crippen LogP contribution in [0.5, 0.6) is 11.5 Å². The summed E-state index contributed by atoms with van der Waals surface area (Å²) in [6.45, 7) is 5.98. The van der Waals surface area contributed by atoms with Crippen molar-refractivity contribution < 1.29 is 18.8 Å². The van der Waals surface area contributed by atoms with Crippen LogP contribution in [0.4, 0.5) is 0 Å². The van der Waals surface area contributed by atoms with Crippen molar-refractivity contribution >= 4 is 5.91 Å². The Labute approximate surface area is 153 Å². The number of ether oxygens (including phenoxy) is 2. The van der Waals surface area contributed by atoms with Crippen LogP contribution in [0.25, 0.3) is 0 Å². The van der Waals surface area contributed by atoms with Gasteiger partial charge in [-0.25, -0.2) is 0 Å². The molecule has 140 valence electrons. The van der Waals surface area contributed by atoms with Crippen LogP contribution in [0, 0.1) is 6.92 Å². The first-order valence-electron chi connectivity index (χ1n) is 8.91. The van der Waals surface area contributed by atoms with Gasteiger partial charge in [0.15, 0.2) is 23.9 Å². The van der Waals surface area contributed by atoms with Crippen LogP contribution in [-0.2, 0) is 11.3 Å². The number of benzene rings is 1. The molecule has 0 aliphatic carbocycles. The average molecular weight is 359 g/mol. The maximum absolute atomic E-state index is 10.9. The summed E-state index contributed by atoms with van der Waals surface area (Å²) >= 11 is 0. The molecule has 0 saturated carbocycles. The van der Waals surface area contributed by atoms with Crippen molar-refractivity contribution in [2.24, 2.45) is 5.73 Å². The minimum atomic E-state index is -0.515. The number of amides is 1. The number of carbonyl (C=O) groups is 1. The highest BCUT2D eigenvalue weighted by molar-refractivity contribution is 5.75. The van der Waals surface area contributed by atoms with E-state index in [1.807, 2.05) is 38.1 Å². The highest BCUT2D eigenvalue weighted by atomic mass is 16.5. The number of hydrogen-bond donors (Lipinski definition) is 1. The molecule has 0 spiro atoms. The number of aromatic nitrogens is 1. The van der Waals surface area contributed by atoms with Gasteiger partial charge in [-0.15, -0.1) is 0 Å². The predicted molar refractivity (Wildman–Crippen MR) is 95.9 cm³/mol. The Hall–Kier alpha value is -2.54. The summed E-state index contributed by atoms with van der Waals surface area (Å²) in [4.78, 5) is 13.3. The van der Waals surface area contributed by atoms with E-state index in [0.717, 1.165) is 42.9 Å². The van der Waals surface area contributed by atoms with Gasteiger partial charge in [-0.2, -0.15) is 0 Å². The maximum Gasteiger partial charge on any atom is 0.255 e. The predicted octanol–water partition coefficient (Wildman–Crippen LogP) is 2.58. The first-order valence-corrected chi connectivity index (χ1v) is 8.91. The number of hydrogen-bond acceptors (Lipinski definition) is 6. The average Bonchev–Trinajstić information content (AvgIpc) is 3.23. The highest BCUT2D eigenvalue weighted by Crippen LogP contribution is 2.35. The van der Waals surface area contributed by atoms with Crippen LogP contribution < -0.4 is 15.2 Å². The van der Waals surface area contributed by atoms with Crippen LogP contribution in [-0.4, -0.2) is 35.7 Å². The Kier molecular flexibility index (Phi) is 5.78. The highest BCUT2D eigenvalue weighted by Gasteiger charge is 2.29. The zero-order valence-corrected chi connectivity index (χ0v) is 15.2. The molecule has 1 aromatic heterocycles. The van der Waals surface area contributed by atoms with E-state index in [9.17, 15) is 4.79 Å². The van der Waals surface area contributed by atoms with Gasteiger partial charge in [0.25, 0.3) is 5.91 Å². The van der Waals surface area contributed by atoms with Crippen molar-refractivity contribution in [2.45, 2.75) is 39.3 Å². The summed E-state index contributed by atoms with van der Waals surface area (Å²) in [6.07, 6.45) is 2.19. The molecule has 3 rings (SSSR count). The molecule has 1 unspecified atom stereocenters. The van der Waals surface area contributed by atoms with Gasteiger partial charge in [0.2, 0.25) is 0 Å². The van der Waals surface area contributed by atoms with Crippen LogP contribution in [0.2, 0.25) is 0 Å². The fraction of sp³-hybridized carbons (Fsp3) is 0.474. The maximum atomic E-state index is 10.9. The summed E-state index contributed by atoms with van der Waals surface area (Å²) in [6, 6.07) is 8.03. The van der Waals surface area contributed by atoms with Crippen molar-refractivity contribution in [2.75, 3.05) is 19.8 Å². The van der Waals surface area contributed by atoms with Gasteiger partial charge in [-0.1, -0.05) is 11.2 Å². The largest absolute Gasteiger partial charge is 0.490 e. The third kappa shape index (κ3) is 4.35. The molecule has 1 saturated heterocycles. The quantitative estimate of drug-likeness (QED) is 0.779. The number of aryl methyl sites for hydroxylation is 1. The summed E-state index contributed by atoms with van der Waals surface area (Å²) in [5.41, 5.74) is 7.17. The molecule has 7 nitrogen and oxygen atoms in total. The lowest BCUT2D eigenvalue weighted by Crippen LogP contribution is -2.22. The van der Waals surface area contributed by atoms with E-state index in [1.165, 1.54) is 0 Å². The number of likely N-dealkylation sites (tertiary alicyclic amines) is 1. The molecule has 1 fully saturated rings. The van der Waals surface area contributed by atoms with Crippen molar-refractivity contribution in [3.05, 3.63) is 41.3 Å². The van der Waals surface area contributed by atoms with E-state index in [2.05, 4.69) is 10.1 Å². The van der Waals surface area contributed by atoms with Crippen molar-refractivity contribution in [1.82, 2.24) is 10.1 Å². The van der Waals surface area contributed by atoms with Crippen LogP contribution in [0.3, 0.4) is 0 Å². The van der Waals surface area contributed by atoms with E-state index in [1.54, 1.807) is 0 Å². The van der Waals surface area contributed by atoms with Crippen molar-refractivity contribution in [3.63, 3.8) is 0 Å². The summed E-state index contributed by atoms with van der Waals surface area (Å²) in [7, 11) is 0. The van der Waals surface area contributed by atoms with Gasteiger partial charge in [0.05, 0.1) is 18.3 Å². The van der Waals surface area contributed by atoms with E-state index in [0.29, 0.717) is 18.1 Å². The van der Waals surface area contributed by atoms with Gasteiger partial charge in [-0.05, 0) is 50.9 Å². The molecule has 26 heavy (non-hydrogen) atoms. The van der Waals surface area contributed by atoms with Crippen LogP contribution >= 0.6 is 0 Å². The number of nitrogens with zero attached hydrogens (tertiary/aromatic N) is 2. The molecule has 0 radical (unpaired) electrons. The standard InChI is InChI=1S/C19H25N3O4/c1-3-24-18-10-14(6-7-16(18)25-12-19(20)23)11-22-8-4-5-15(22)17-9-13(2)21-26-17/h6-7,9-10,15H,3-5,8,11-12H2,1-2H3,(H2,20,23). The number of rotatable bonds is 8. The molecule has 2 heterocycles. The van der Waals surface area contributed by atoms with E-state index < -0.39 is 5.91 Å². The molecular formula is C19H25N3O4. The third-order valence-electron chi connectivity index (χ3n) is 4.40. The van der Waals surface area contributed by atoms with Gasteiger partial charge < -0.3 is 19.7 Å². The monoisotopic (exact) mass is 359 g/mol. The fourth-order valence-corrected chi connectivity index (χ4v) is 3.30. The molecule has 1 aliphatic rings. The Bertz CT molecular complexity index is 759.